The Kier molecular flexibility index (Phi) is 3.15. The molecule has 1 aromatic carbocycles. The zero-order valence-electron chi connectivity index (χ0n) is 11.3. The maximum atomic E-state index is 10.9. The second-order valence-electron chi connectivity index (χ2n) is 5.68. The van der Waals surface area contributed by atoms with Gasteiger partial charge in [-0.15, -0.1) is 0 Å². The first-order chi connectivity index (χ1) is 9.19. The summed E-state index contributed by atoms with van der Waals surface area (Å²) in [6, 6.07) is 12.0. The standard InChI is InChI=1S/C16H20N2O/c1-13-7-10-16(19,11-8-13)15-9-12-17-18(15)14-5-3-2-4-6-14/h2-6,9,12-13,19H,7-8,10-11H2,1H3. The van der Waals surface area contributed by atoms with Crippen LogP contribution in [-0.2, 0) is 5.60 Å². The first kappa shape index (κ1) is 12.4. The van der Waals surface area contributed by atoms with E-state index in [0.29, 0.717) is 5.92 Å². The SMILES string of the molecule is CC1CCC(O)(c2ccnn2-c2ccccc2)CC1. The lowest BCUT2D eigenvalue weighted by Gasteiger charge is -2.35. The monoisotopic (exact) mass is 256 g/mol. The maximum Gasteiger partial charge on any atom is 0.107 e. The van der Waals surface area contributed by atoms with E-state index in [1.54, 1.807) is 6.20 Å². The molecule has 0 bridgehead atoms. The Balaban J connectivity index is 1.96. The third-order valence-corrected chi connectivity index (χ3v) is 4.22. The molecular formula is C16H20N2O. The van der Waals surface area contributed by atoms with Crippen LogP contribution in [0.15, 0.2) is 42.6 Å². The number of nitrogens with zero attached hydrogens (tertiary/aromatic N) is 2. The lowest BCUT2D eigenvalue weighted by Crippen LogP contribution is -2.33. The maximum absolute atomic E-state index is 10.9. The molecule has 0 radical (unpaired) electrons. The second kappa shape index (κ2) is 4.82. The molecule has 3 nitrogen and oxygen atoms in total. The van der Waals surface area contributed by atoms with Crippen LogP contribution in [0.3, 0.4) is 0 Å². The van der Waals surface area contributed by atoms with E-state index < -0.39 is 5.60 Å². The summed E-state index contributed by atoms with van der Waals surface area (Å²) in [4.78, 5) is 0. The van der Waals surface area contributed by atoms with Gasteiger partial charge in [-0.3, -0.25) is 0 Å². The Morgan fingerprint density at radius 1 is 1.16 bits per heavy atom. The molecule has 0 spiro atoms. The Hall–Kier alpha value is -1.61. The van der Waals surface area contributed by atoms with Crippen molar-refractivity contribution in [1.82, 2.24) is 9.78 Å². The number of para-hydroxylation sites is 1. The van der Waals surface area contributed by atoms with Crippen molar-refractivity contribution in [3.8, 4) is 5.69 Å². The molecule has 0 saturated heterocycles. The van der Waals surface area contributed by atoms with E-state index in [9.17, 15) is 5.11 Å². The number of aliphatic hydroxyl groups is 1. The van der Waals surface area contributed by atoms with Gasteiger partial charge < -0.3 is 5.11 Å². The molecule has 100 valence electrons. The molecule has 2 aromatic rings. The van der Waals surface area contributed by atoms with Crippen molar-refractivity contribution in [2.75, 3.05) is 0 Å². The summed E-state index contributed by atoms with van der Waals surface area (Å²) >= 11 is 0. The molecule has 0 unspecified atom stereocenters. The minimum atomic E-state index is -0.723. The van der Waals surface area contributed by atoms with Gasteiger partial charge in [-0.1, -0.05) is 25.1 Å². The number of benzene rings is 1. The van der Waals surface area contributed by atoms with Crippen molar-refractivity contribution in [3.05, 3.63) is 48.3 Å². The van der Waals surface area contributed by atoms with Gasteiger partial charge in [0.05, 0.1) is 11.4 Å². The summed E-state index contributed by atoms with van der Waals surface area (Å²) in [6.07, 6.45) is 5.59. The third kappa shape index (κ3) is 2.30. The summed E-state index contributed by atoms with van der Waals surface area (Å²) in [6.45, 7) is 2.26. The fourth-order valence-corrected chi connectivity index (χ4v) is 2.93. The first-order valence-electron chi connectivity index (χ1n) is 7.01. The van der Waals surface area contributed by atoms with Crippen LogP contribution in [0.1, 0.15) is 38.3 Å². The molecule has 0 amide bonds. The van der Waals surface area contributed by atoms with Crippen molar-refractivity contribution >= 4 is 0 Å². The molecule has 1 aliphatic rings. The van der Waals surface area contributed by atoms with Crippen molar-refractivity contribution < 1.29 is 5.11 Å². The third-order valence-electron chi connectivity index (χ3n) is 4.22. The summed E-state index contributed by atoms with van der Waals surface area (Å²) in [7, 11) is 0. The zero-order chi connectivity index (χ0) is 13.3. The molecule has 3 rings (SSSR count). The molecule has 1 N–H and O–H groups in total. The predicted molar refractivity (Wildman–Crippen MR) is 75.1 cm³/mol. The van der Waals surface area contributed by atoms with Gasteiger partial charge in [0.2, 0.25) is 0 Å². The minimum Gasteiger partial charge on any atom is -0.384 e. The van der Waals surface area contributed by atoms with Crippen LogP contribution >= 0.6 is 0 Å². The minimum absolute atomic E-state index is 0.716. The van der Waals surface area contributed by atoms with E-state index in [-0.39, 0.29) is 0 Å². The number of aromatic nitrogens is 2. The summed E-state index contributed by atoms with van der Waals surface area (Å²) in [5.41, 5.74) is 1.21. The molecule has 1 aromatic heterocycles. The average molecular weight is 256 g/mol. The highest BCUT2D eigenvalue weighted by molar-refractivity contribution is 5.34. The number of rotatable bonds is 2. The summed E-state index contributed by atoms with van der Waals surface area (Å²) in [5.74, 6) is 0.716. The van der Waals surface area contributed by atoms with Gasteiger partial charge in [0.1, 0.15) is 5.60 Å². The van der Waals surface area contributed by atoms with Crippen molar-refractivity contribution in [2.45, 2.75) is 38.2 Å². The van der Waals surface area contributed by atoms with E-state index in [4.69, 9.17) is 0 Å². The number of hydrogen-bond acceptors (Lipinski definition) is 2. The lowest BCUT2D eigenvalue weighted by atomic mass is 9.78. The Morgan fingerprint density at radius 2 is 1.84 bits per heavy atom. The van der Waals surface area contributed by atoms with Gasteiger partial charge in [0.25, 0.3) is 0 Å². The van der Waals surface area contributed by atoms with Gasteiger partial charge >= 0.3 is 0 Å². The lowest BCUT2D eigenvalue weighted by molar-refractivity contribution is -0.0177. The van der Waals surface area contributed by atoms with Gasteiger partial charge in [0, 0.05) is 6.20 Å². The van der Waals surface area contributed by atoms with Crippen molar-refractivity contribution in [3.63, 3.8) is 0 Å². The van der Waals surface area contributed by atoms with Crippen molar-refractivity contribution in [2.24, 2.45) is 5.92 Å². The normalized spacial score (nSPS) is 27.4. The molecule has 1 heterocycles. The van der Waals surface area contributed by atoms with Crippen LogP contribution in [0.2, 0.25) is 0 Å². The molecular weight excluding hydrogens is 236 g/mol. The highest BCUT2D eigenvalue weighted by Gasteiger charge is 2.36. The van der Waals surface area contributed by atoms with Crippen LogP contribution < -0.4 is 0 Å². The van der Waals surface area contributed by atoms with Crippen molar-refractivity contribution in [1.29, 1.82) is 0 Å². The van der Waals surface area contributed by atoms with Crippen LogP contribution in [0.4, 0.5) is 0 Å². The van der Waals surface area contributed by atoms with Gasteiger partial charge in [-0.2, -0.15) is 5.10 Å². The Labute approximate surface area is 113 Å². The van der Waals surface area contributed by atoms with E-state index in [2.05, 4.69) is 12.0 Å². The Bertz CT molecular complexity index is 539. The van der Waals surface area contributed by atoms with E-state index in [1.165, 1.54) is 0 Å². The molecule has 0 atom stereocenters. The van der Waals surface area contributed by atoms with Crippen LogP contribution in [0, 0.1) is 5.92 Å². The largest absolute Gasteiger partial charge is 0.384 e. The topological polar surface area (TPSA) is 38.1 Å². The number of hydrogen-bond donors (Lipinski definition) is 1. The molecule has 1 aliphatic carbocycles. The zero-order valence-corrected chi connectivity index (χ0v) is 11.3. The van der Waals surface area contributed by atoms with Crippen LogP contribution in [0.5, 0.6) is 0 Å². The molecule has 1 fully saturated rings. The fourth-order valence-electron chi connectivity index (χ4n) is 2.93. The fraction of sp³-hybridized carbons (Fsp3) is 0.438. The predicted octanol–water partition coefficient (Wildman–Crippen LogP) is 3.27. The van der Waals surface area contributed by atoms with Gasteiger partial charge in [-0.25, -0.2) is 4.68 Å². The van der Waals surface area contributed by atoms with E-state index in [0.717, 1.165) is 37.1 Å². The van der Waals surface area contributed by atoms with Gasteiger partial charge in [0.15, 0.2) is 0 Å². The molecule has 3 heteroatoms. The Morgan fingerprint density at radius 3 is 2.53 bits per heavy atom. The van der Waals surface area contributed by atoms with E-state index in [1.807, 2.05) is 41.1 Å². The second-order valence-corrected chi connectivity index (χ2v) is 5.68. The van der Waals surface area contributed by atoms with Crippen LogP contribution in [0.25, 0.3) is 5.69 Å². The highest BCUT2D eigenvalue weighted by atomic mass is 16.3. The quantitative estimate of drug-likeness (QED) is 0.895. The average Bonchev–Trinajstić information content (AvgIpc) is 2.93. The summed E-state index contributed by atoms with van der Waals surface area (Å²) < 4.78 is 1.87. The smallest absolute Gasteiger partial charge is 0.107 e. The molecule has 1 saturated carbocycles. The van der Waals surface area contributed by atoms with Gasteiger partial charge in [-0.05, 0) is 49.8 Å². The molecule has 19 heavy (non-hydrogen) atoms. The highest BCUT2D eigenvalue weighted by Crippen LogP contribution is 2.39. The summed E-state index contributed by atoms with van der Waals surface area (Å²) in [5, 5.41) is 15.3. The van der Waals surface area contributed by atoms with Crippen LogP contribution in [-0.4, -0.2) is 14.9 Å². The first-order valence-corrected chi connectivity index (χ1v) is 7.01. The van der Waals surface area contributed by atoms with E-state index >= 15 is 0 Å². The molecule has 0 aliphatic heterocycles.